The maximum Gasteiger partial charge on any atom is 0.124 e. The molecule has 0 aliphatic heterocycles. The SMILES string of the molecule is CC[N+](CC)(CC)CC.CCc1c(C)c(CC)c(CC)c(S(=O)(=O)[O-])c1CC. The second-order valence-corrected chi connectivity index (χ2v) is 8.66. The zero-order valence-corrected chi connectivity index (χ0v) is 20.6. The van der Waals surface area contributed by atoms with Gasteiger partial charge in [-0.1, -0.05) is 27.7 Å². The molecule has 0 radical (unpaired) electrons. The molecule has 1 aromatic carbocycles. The van der Waals surface area contributed by atoms with Crippen molar-refractivity contribution in [3.8, 4) is 0 Å². The maximum atomic E-state index is 11.7. The van der Waals surface area contributed by atoms with Crippen LogP contribution >= 0.6 is 0 Å². The third kappa shape index (κ3) is 6.04. The van der Waals surface area contributed by atoms with E-state index in [1.807, 2.05) is 34.6 Å². The van der Waals surface area contributed by atoms with Crippen molar-refractivity contribution in [2.24, 2.45) is 0 Å². The molecule has 164 valence electrons. The number of hydrogen-bond donors (Lipinski definition) is 0. The maximum absolute atomic E-state index is 11.7. The number of rotatable bonds is 9. The van der Waals surface area contributed by atoms with Gasteiger partial charge < -0.3 is 9.04 Å². The minimum absolute atomic E-state index is 0.0526. The number of quaternary nitrogens is 1. The van der Waals surface area contributed by atoms with Crippen molar-refractivity contribution in [2.45, 2.75) is 92.9 Å². The zero-order valence-electron chi connectivity index (χ0n) is 19.7. The first-order valence-corrected chi connectivity index (χ1v) is 12.4. The van der Waals surface area contributed by atoms with Gasteiger partial charge in [-0.15, -0.1) is 0 Å². The summed E-state index contributed by atoms with van der Waals surface area (Å²) in [6.45, 7) is 24.1. The molecule has 0 spiro atoms. The van der Waals surface area contributed by atoms with Crippen molar-refractivity contribution in [2.75, 3.05) is 26.2 Å². The van der Waals surface area contributed by atoms with Gasteiger partial charge in [-0.2, -0.15) is 0 Å². The summed E-state index contributed by atoms with van der Waals surface area (Å²) in [6.07, 6.45) is 2.68. The molecule has 1 rings (SSSR count). The second-order valence-electron chi connectivity index (χ2n) is 7.34. The van der Waals surface area contributed by atoms with Gasteiger partial charge in [0, 0.05) is 0 Å². The summed E-state index contributed by atoms with van der Waals surface area (Å²) in [4.78, 5) is 0.0526. The molecule has 0 saturated heterocycles. The quantitative estimate of drug-likeness (QED) is 0.421. The Morgan fingerprint density at radius 3 is 1.07 bits per heavy atom. The summed E-state index contributed by atoms with van der Waals surface area (Å²) in [5, 5.41) is 0. The van der Waals surface area contributed by atoms with Crippen molar-refractivity contribution in [1.29, 1.82) is 0 Å². The summed E-state index contributed by atoms with van der Waals surface area (Å²) in [5.41, 5.74) is 4.68. The lowest BCUT2D eigenvalue weighted by Gasteiger charge is -2.34. The number of nitrogens with zero attached hydrogens (tertiary/aromatic N) is 1. The van der Waals surface area contributed by atoms with Gasteiger partial charge in [0.2, 0.25) is 0 Å². The van der Waals surface area contributed by atoms with Crippen molar-refractivity contribution in [3.05, 3.63) is 27.8 Å². The van der Waals surface area contributed by atoms with E-state index in [-0.39, 0.29) is 4.90 Å². The van der Waals surface area contributed by atoms with Crippen LogP contribution in [-0.4, -0.2) is 43.6 Å². The van der Waals surface area contributed by atoms with E-state index in [0.717, 1.165) is 40.7 Å². The molecule has 4 nitrogen and oxygen atoms in total. The Kier molecular flexibility index (Phi) is 11.6. The molecule has 0 unspecified atom stereocenters. The van der Waals surface area contributed by atoms with Crippen LogP contribution in [0.25, 0.3) is 0 Å². The molecule has 28 heavy (non-hydrogen) atoms. The average Bonchev–Trinajstić information content (AvgIpc) is 2.68. The summed E-state index contributed by atoms with van der Waals surface area (Å²) in [5.74, 6) is 0. The van der Waals surface area contributed by atoms with E-state index in [1.165, 1.54) is 30.7 Å². The van der Waals surface area contributed by atoms with E-state index < -0.39 is 10.1 Å². The number of benzene rings is 1. The number of hydrogen-bond acceptors (Lipinski definition) is 3. The van der Waals surface area contributed by atoms with E-state index in [4.69, 9.17) is 0 Å². The van der Waals surface area contributed by atoms with E-state index in [9.17, 15) is 13.0 Å². The smallest absolute Gasteiger partial charge is 0.124 e. The van der Waals surface area contributed by atoms with Gasteiger partial charge in [0.1, 0.15) is 10.1 Å². The van der Waals surface area contributed by atoms with Crippen molar-refractivity contribution in [3.63, 3.8) is 0 Å². The van der Waals surface area contributed by atoms with Gasteiger partial charge in [0.15, 0.2) is 0 Å². The summed E-state index contributed by atoms with van der Waals surface area (Å²) in [6, 6.07) is 0. The van der Waals surface area contributed by atoms with E-state index in [2.05, 4.69) is 27.7 Å². The Balaban J connectivity index is 0.000000684. The first-order valence-electron chi connectivity index (χ1n) is 11.0. The topological polar surface area (TPSA) is 57.2 Å². The van der Waals surface area contributed by atoms with Crippen LogP contribution in [0.1, 0.15) is 83.2 Å². The fourth-order valence-electron chi connectivity index (χ4n) is 4.44. The summed E-state index contributed by atoms with van der Waals surface area (Å²) < 4.78 is 36.3. The van der Waals surface area contributed by atoms with Crippen LogP contribution in [0.2, 0.25) is 0 Å². The molecule has 0 N–H and O–H groups in total. The third-order valence-electron chi connectivity index (χ3n) is 6.53. The molecule has 0 saturated carbocycles. The zero-order chi connectivity index (χ0) is 22.1. The van der Waals surface area contributed by atoms with Gasteiger partial charge in [0.05, 0.1) is 31.1 Å². The highest BCUT2D eigenvalue weighted by atomic mass is 32.2. The van der Waals surface area contributed by atoms with Gasteiger partial charge >= 0.3 is 0 Å². The molecule has 0 aliphatic carbocycles. The average molecular weight is 414 g/mol. The third-order valence-corrected chi connectivity index (χ3v) is 7.52. The van der Waals surface area contributed by atoms with Crippen molar-refractivity contribution in [1.82, 2.24) is 0 Å². The van der Waals surface area contributed by atoms with Crippen molar-refractivity contribution >= 4 is 10.1 Å². The normalized spacial score (nSPS) is 11.9. The van der Waals surface area contributed by atoms with Gasteiger partial charge in [0.25, 0.3) is 0 Å². The van der Waals surface area contributed by atoms with E-state index in [1.54, 1.807) is 0 Å². The summed E-state index contributed by atoms with van der Waals surface area (Å²) in [7, 11) is -4.42. The molecule has 0 bridgehead atoms. The lowest BCUT2D eigenvalue weighted by atomic mass is 9.87. The van der Waals surface area contributed by atoms with Crippen LogP contribution in [0, 0.1) is 6.92 Å². The standard InChI is InChI=1S/C15H24O3S.C8H20N/c1-6-11-10(5)12(7-2)14(9-4)15(13(11)8-3)19(16,17)18;1-5-9(6-2,7-3)8-4/h6-9H2,1-5H3,(H,16,17,18);5-8H2,1-4H3/q;+1/p-1. The first-order chi connectivity index (χ1) is 13.1. The lowest BCUT2D eigenvalue weighted by Crippen LogP contribution is -2.47. The Morgan fingerprint density at radius 2 is 0.929 bits per heavy atom. The molecule has 1 aromatic rings. The molecular formula is C23H43NO3S. The van der Waals surface area contributed by atoms with Crippen LogP contribution in [0.15, 0.2) is 4.90 Å². The van der Waals surface area contributed by atoms with Crippen LogP contribution in [0.4, 0.5) is 0 Å². The van der Waals surface area contributed by atoms with Crippen molar-refractivity contribution < 1.29 is 17.5 Å². The summed E-state index contributed by atoms with van der Waals surface area (Å²) >= 11 is 0. The molecule has 0 fully saturated rings. The highest BCUT2D eigenvalue weighted by Crippen LogP contribution is 2.33. The van der Waals surface area contributed by atoms with Crippen LogP contribution in [0.5, 0.6) is 0 Å². The molecule has 0 atom stereocenters. The van der Waals surface area contributed by atoms with Gasteiger partial charge in [-0.25, -0.2) is 8.42 Å². The highest BCUT2D eigenvalue weighted by Gasteiger charge is 2.21. The van der Waals surface area contributed by atoms with Crippen LogP contribution in [0.3, 0.4) is 0 Å². The largest absolute Gasteiger partial charge is 0.744 e. The predicted octanol–water partition coefficient (Wildman–Crippen LogP) is 5.03. The minimum Gasteiger partial charge on any atom is -0.744 e. The second kappa shape index (κ2) is 11.9. The Labute approximate surface area is 174 Å². The fourth-order valence-corrected chi connectivity index (χ4v) is 5.58. The highest BCUT2D eigenvalue weighted by molar-refractivity contribution is 7.85. The fraction of sp³-hybridized carbons (Fsp3) is 0.739. The van der Waals surface area contributed by atoms with Crippen LogP contribution in [-0.2, 0) is 35.8 Å². The van der Waals surface area contributed by atoms with Gasteiger partial charge in [-0.05, 0) is 88.1 Å². The van der Waals surface area contributed by atoms with Gasteiger partial charge in [-0.3, -0.25) is 0 Å². The van der Waals surface area contributed by atoms with Crippen LogP contribution < -0.4 is 0 Å². The first kappa shape index (κ1) is 27.1. The lowest BCUT2D eigenvalue weighted by molar-refractivity contribution is -0.921. The van der Waals surface area contributed by atoms with E-state index in [0.29, 0.717) is 12.8 Å². The Bertz CT molecular complexity index is 669. The molecule has 0 amide bonds. The molecule has 0 aromatic heterocycles. The molecular weight excluding hydrogens is 370 g/mol. The monoisotopic (exact) mass is 413 g/mol. The molecule has 5 heteroatoms. The predicted molar refractivity (Wildman–Crippen MR) is 119 cm³/mol. The molecule has 0 aliphatic rings. The Hall–Kier alpha value is -0.910. The minimum atomic E-state index is -4.42. The molecule has 0 heterocycles. The van der Waals surface area contributed by atoms with E-state index >= 15 is 0 Å². The Morgan fingerprint density at radius 1 is 0.643 bits per heavy atom.